The van der Waals surface area contributed by atoms with E-state index in [1.807, 2.05) is 24.7 Å². The van der Waals surface area contributed by atoms with Crippen LogP contribution in [-0.4, -0.2) is 33.2 Å². The number of halogens is 1. The number of nitrogens with one attached hydrogen (secondary N) is 2. The smallest absolute Gasteiger partial charge is 0.191 e. The summed E-state index contributed by atoms with van der Waals surface area (Å²) in [6.45, 7) is 6.18. The summed E-state index contributed by atoms with van der Waals surface area (Å²) in [5.41, 5.74) is 2.45. The van der Waals surface area contributed by atoms with Crippen LogP contribution in [0.1, 0.15) is 18.1 Å². The lowest BCUT2D eigenvalue weighted by Crippen LogP contribution is -2.38. The summed E-state index contributed by atoms with van der Waals surface area (Å²) in [6.07, 6.45) is 9.74. The largest absolute Gasteiger partial charge is 0.357 e. The number of imidazole rings is 1. The van der Waals surface area contributed by atoms with Gasteiger partial charge in [-0.1, -0.05) is 24.3 Å². The highest BCUT2D eigenvalue weighted by molar-refractivity contribution is 14.0. The highest BCUT2D eigenvalue weighted by Gasteiger charge is 1.99. The van der Waals surface area contributed by atoms with Crippen LogP contribution >= 0.6 is 24.0 Å². The first-order valence-corrected chi connectivity index (χ1v) is 9.00. The third-order valence-corrected chi connectivity index (χ3v) is 4.04. The van der Waals surface area contributed by atoms with Crippen LogP contribution in [0.2, 0.25) is 0 Å². The first kappa shape index (κ1) is 21.0. The second-order valence-electron chi connectivity index (χ2n) is 6.09. The summed E-state index contributed by atoms with van der Waals surface area (Å²) in [5.74, 6) is 0.849. The fraction of sp³-hybridized carbons (Fsp3) is 0.300. The van der Waals surface area contributed by atoms with Crippen molar-refractivity contribution in [2.75, 3.05) is 13.1 Å². The molecule has 0 spiro atoms. The van der Waals surface area contributed by atoms with Gasteiger partial charge < -0.3 is 19.8 Å². The zero-order valence-electron chi connectivity index (χ0n) is 15.6. The van der Waals surface area contributed by atoms with Gasteiger partial charge in [0.1, 0.15) is 0 Å². The van der Waals surface area contributed by atoms with Gasteiger partial charge in [0, 0.05) is 51.0 Å². The molecule has 0 aliphatic carbocycles. The minimum absolute atomic E-state index is 0. The van der Waals surface area contributed by atoms with E-state index in [0.717, 1.165) is 32.1 Å². The van der Waals surface area contributed by atoms with Gasteiger partial charge in [-0.3, -0.25) is 0 Å². The van der Waals surface area contributed by atoms with Crippen molar-refractivity contribution in [1.29, 1.82) is 0 Å². The van der Waals surface area contributed by atoms with E-state index in [1.165, 1.54) is 11.1 Å². The molecule has 0 saturated heterocycles. The van der Waals surface area contributed by atoms with Crippen molar-refractivity contribution in [3.8, 4) is 0 Å². The predicted octanol–water partition coefficient (Wildman–Crippen LogP) is 3.11. The molecule has 27 heavy (non-hydrogen) atoms. The molecular formula is C20H27IN6. The molecule has 0 atom stereocenters. The van der Waals surface area contributed by atoms with Crippen molar-refractivity contribution in [2.24, 2.45) is 4.99 Å². The number of hydrogen-bond donors (Lipinski definition) is 2. The van der Waals surface area contributed by atoms with E-state index in [1.54, 1.807) is 6.20 Å². The van der Waals surface area contributed by atoms with Crippen LogP contribution < -0.4 is 10.6 Å². The Kier molecular flexibility index (Phi) is 8.90. The quantitative estimate of drug-likeness (QED) is 0.297. The van der Waals surface area contributed by atoms with Gasteiger partial charge in [-0.25, -0.2) is 9.98 Å². The van der Waals surface area contributed by atoms with Crippen molar-refractivity contribution in [3.05, 3.63) is 78.6 Å². The lowest BCUT2D eigenvalue weighted by Gasteiger charge is -2.12. The molecule has 0 bridgehead atoms. The average Bonchev–Trinajstić information content (AvgIpc) is 3.35. The highest BCUT2D eigenvalue weighted by atomic mass is 127. The second-order valence-corrected chi connectivity index (χ2v) is 6.09. The SMILES string of the molecule is CCNC(=NCc1ccc(Cn2ccnc2)cc1)NCCn1cccc1.I. The Bertz CT molecular complexity index is 779. The molecular weight excluding hydrogens is 451 g/mol. The van der Waals surface area contributed by atoms with Gasteiger partial charge in [0.15, 0.2) is 5.96 Å². The minimum Gasteiger partial charge on any atom is -0.357 e. The van der Waals surface area contributed by atoms with Crippen molar-refractivity contribution >= 4 is 29.9 Å². The van der Waals surface area contributed by atoms with Crippen LogP contribution in [0.3, 0.4) is 0 Å². The fourth-order valence-electron chi connectivity index (χ4n) is 2.68. The average molecular weight is 478 g/mol. The third-order valence-electron chi connectivity index (χ3n) is 4.04. The van der Waals surface area contributed by atoms with E-state index in [2.05, 4.69) is 73.3 Å². The Morgan fingerprint density at radius 2 is 1.74 bits per heavy atom. The van der Waals surface area contributed by atoms with Crippen molar-refractivity contribution < 1.29 is 0 Å². The van der Waals surface area contributed by atoms with Gasteiger partial charge in [-0.15, -0.1) is 24.0 Å². The Hall–Kier alpha value is -2.29. The number of rotatable bonds is 8. The zero-order valence-corrected chi connectivity index (χ0v) is 17.9. The number of hydrogen-bond acceptors (Lipinski definition) is 2. The molecule has 6 nitrogen and oxygen atoms in total. The van der Waals surface area contributed by atoms with Gasteiger partial charge in [0.2, 0.25) is 0 Å². The second kappa shape index (κ2) is 11.4. The number of benzene rings is 1. The summed E-state index contributed by atoms with van der Waals surface area (Å²) in [5, 5.41) is 6.67. The molecule has 0 unspecified atom stereocenters. The third kappa shape index (κ3) is 7.09. The first-order valence-electron chi connectivity index (χ1n) is 9.00. The first-order chi connectivity index (χ1) is 12.8. The van der Waals surface area contributed by atoms with E-state index < -0.39 is 0 Å². The molecule has 0 aliphatic heterocycles. The molecule has 0 radical (unpaired) electrons. The van der Waals surface area contributed by atoms with Crippen molar-refractivity contribution in [1.82, 2.24) is 24.8 Å². The predicted molar refractivity (Wildman–Crippen MR) is 120 cm³/mol. The van der Waals surface area contributed by atoms with Gasteiger partial charge in [-0.05, 0) is 30.2 Å². The number of guanidine groups is 1. The lowest BCUT2D eigenvalue weighted by atomic mass is 10.1. The Morgan fingerprint density at radius 1 is 1.00 bits per heavy atom. The van der Waals surface area contributed by atoms with Gasteiger partial charge in [0.05, 0.1) is 12.9 Å². The van der Waals surface area contributed by atoms with E-state index >= 15 is 0 Å². The maximum Gasteiger partial charge on any atom is 0.191 e. The summed E-state index contributed by atoms with van der Waals surface area (Å²) in [6, 6.07) is 12.7. The topological polar surface area (TPSA) is 59.2 Å². The molecule has 7 heteroatoms. The number of aromatic nitrogens is 3. The van der Waals surface area contributed by atoms with Crippen LogP contribution in [0.4, 0.5) is 0 Å². The molecule has 3 aromatic rings. The zero-order chi connectivity index (χ0) is 18.0. The molecule has 2 heterocycles. The molecule has 0 fully saturated rings. The molecule has 1 aromatic carbocycles. The maximum absolute atomic E-state index is 4.68. The molecule has 144 valence electrons. The summed E-state index contributed by atoms with van der Waals surface area (Å²) in [4.78, 5) is 8.75. The summed E-state index contributed by atoms with van der Waals surface area (Å²) < 4.78 is 4.21. The van der Waals surface area contributed by atoms with Crippen LogP contribution in [0.15, 0.2) is 72.5 Å². The maximum atomic E-state index is 4.68. The van der Waals surface area contributed by atoms with Crippen LogP contribution in [0.5, 0.6) is 0 Å². The van der Waals surface area contributed by atoms with Crippen molar-refractivity contribution in [3.63, 3.8) is 0 Å². The van der Waals surface area contributed by atoms with E-state index in [9.17, 15) is 0 Å². The molecule has 3 rings (SSSR count). The number of nitrogens with zero attached hydrogens (tertiary/aromatic N) is 4. The lowest BCUT2D eigenvalue weighted by molar-refractivity contribution is 0.666. The fourth-order valence-corrected chi connectivity index (χ4v) is 2.68. The Morgan fingerprint density at radius 3 is 2.41 bits per heavy atom. The van der Waals surface area contributed by atoms with Gasteiger partial charge in [0.25, 0.3) is 0 Å². The monoisotopic (exact) mass is 478 g/mol. The van der Waals surface area contributed by atoms with Crippen LogP contribution in [-0.2, 0) is 19.6 Å². The minimum atomic E-state index is 0. The molecule has 0 saturated carbocycles. The molecule has 2 aromatic heterocycles. The van der Waals surface area contributed by atoms with E-state index in [0.29, 0.717) is 6.54 Å². The van der Waals surface area contributed by atoms with Crippen LogP contribution in [0, 0.1) is 0 Å². The van der Waals surface area contributed by atoms with E-state index in [-0.39, 0.29) is 24.0 Å². The van der Waals surface area contributed by atoms with E-state index in [4.69, 9.17) is 0 Å². The van der Waals surface area contributed by atoms with Crippen molar-refractivity contribution in [2.45, 2.75) is 26.6 Å². The standard InChI is InChI=1S/C20H26N6.HI/c1-2-22-20(23-10-14-25-11-3-4-12-25)24-15-18-5-7-19(8-6-18)16-26-13-9-21-17-26;/h3-9,11-13,17H,2,10,14-16H2,1H3,(H2,22,23,24);1H. The molecule has 0 aliphatic rings. The van der Waals surface area contributed by atoms with Gasteiger partial charge in [-0.2, -0.15) is 0 Å². The Balaban J connectivity index is 0.00000261. The van der Waals surface area contributed by atoms with Gasteiger partial charge >= 0.3 is 0 Å². The molecule has 0 amide bonds. The Labute approximate surface area is 177 Å². The highest BCUT2D eigenvalue weighted by Crippen LogP contribution is 2.07. The summed E-state index contributed by atoms with van der Waals surface area (Å²) in [7, 11) is 0. The molecule has 2 N–H and O–H groups in total. The number of aliphatic imine (C=N–C) groups is 1. The normalized spacial score (nSPS) is 11.1. The summed E-state index contributed by atoms with van der Waals surface area (Å²) >= 11 is 0. The van der Waals surface area contributed by atoms with Crippen LogP contribution in [0.25, 0.3) is 0 Å².